The van der Waals surface area contributed by atoms with Gasteiger partial charge in [-0.3, -0.25) is 0 Å². The molecule has 1 fully saturated rings. The minimum absolute atomic E-state index is 0.000958. The molecule has 2 atom stereocenters. The van der Waals surface area contributed by atoms with Crippen LogP contribution >= 0.6 is 11.6 Å². The standard InChI is InChI=1S/C16H23ClFNO/c1-10(2)9-20-15-8-14(16(15,3)4)19-13-6-5-11(17)7-12(13)18/h5-7,10,14-15,19H,8-9H2,1-4H3. The molecule has 0 amide bonds. The molecule has 0 aromatic heterocycles. The highest BCUT2D eigenvalue weighted by Crippen LogP contribution is 2.44. The fourth-order valence-corrected chi connectivity index (χ4v) is 2.67. The van der Waals surface area contributed by atoms with E-state index < -0.39 is 0 Å². The summed E-state index contributed by atoms with van der Waals surface area (Å²) in [5, 5.41) is 3.68. The number of hydrogen-bond acceptors (Lipinski definition) is 2. The van der Waals surface area contributed by atoms with E-state index in [1.165, 1.54) is 6.07 Å². The molecule has 112 valence electrons. The van der Waals surface area contributed by atoms with Crippen molar-refractivity contribution in [2.24, 2.45) is 11.3 Å². The predicted octanol–water partition coefficient (Wildman–Crippen LogP) is 4.73. The van der Waals surface area contributed by atoms with Gasteiger partial charge < -0.3 is 10.1 Å². The Labute approximate surface area is 125 Å². The number of rotatable bonds is 5. The number of nitrogens with one attached hydrogen (secondary N) is 1. The summed E-state index contributed by atoms with van der Waals surface area (Å²) in [4.78, 5) is 0. The minimum atomic E-state index is -0.306. The molecule has 0 radical (unpaired) electrons. The van der Waals surface area contributed by atoms with Gasteiger partial charge in [0.1, 0.15) is 5.82 Å². The monoisotopic (exact) mass is 299 g/mol. The van der Waals surface area contributed by atoms with Crippen molar-refractivity contribution in [2.75, 3.05) is 11.9 Å². The molecule has 1 aromatic rings. The topological polar surface area (TPSA) is 21.3 Å². The van der Waals surface area contributed by atoms with E-state index in [0.29, 0.717) is 16.6 Å². The van der Waals surface area contributed by atoms with Crippen LogP contribution in [0.25, 0.3) is 0 Å². The molecular weight excluding hydrogens is 277 g/mol. The first-order chi connectivity index (χ1) is 9.30. The van der Waals surface area contributed by atoms with E-state index in [-0.39, 0.29) is 23.4 Å². The molecule has 4 heteroatoms. The minimum Gasteiger partial charge on any atom is -0.379 e. The molecule has 0 spiro atoms. The van der Waals surface area contributed by atoms with Crippen LogP contribution in [0.2, 0.25) is 5.02 Å². The van der Waals surface area contributed by atoms with E-state index in [9.17, 15) is 4.39 Å². The van der Waals surface area contributed by atoms with Gasteiger partial charge >= 0.3 is 0 Å². The summed E-state index contributed by atoms with van der Waals surface area (Å²) in [6.07, 6.45) is 1.14. The Morgan fingerprint density at radius 3 is 2.70 bits per heavy atom. The molecule has 20 heavy (non-hydrogen) atoms. The molecule has 1 aliphatic carbocycles. The van der Waals surface area contributed by atoms with Gasteiger partial charge in [0.25, 0.3) is 0 Å². The maximum absolute atomic E-state index is 13.8. The van der Waals surface area contributed by atoms with Crippen molar-refractivity contribution in [1.29, 1.82) is 0 Å². The average Bonchev–Trinajstić information content (AvgIpc) is 2.34. The van der Waals surface area contributed by atoms with E-state index >= 15 is 0 Å². The Morgan fingerprint density at radius 2 is 2.15 bits per heavy atom. The Morgan fingerprint density at radius 1 is 1.45 bits per heavy atom. The van der Waals surface area contributed by atoms with Crippen LogP contribution in [0.3, 0.4) is 0 Å². The van der Waals surface area contributed by atoms with Crippen LogP contribution in [0.4, 0.5) is 10.1 Å². The molecule has 0 aliphatic heterocycles. The quantitative estimate of drug-likeness (QED) is 0.848. The average molecular weight is 300 g/mol. The van der Waals surface area contributed by atoms with E-state index in [0.717, 1.165) is 13.0 Å². The predicted molar refractivity (Wildman–Crippen MR) is 81.8 cm³/mol. The van der Waals surface area contributed by atoms with Gasteiger partial charge in [-0.2, -0.15) is 0 Å². The Bertz CT molecular complexity index is 476. The van der Waals surface area contributed by atoms with Crippen LogP contribution in [0.1, 0.15) is 34.1 Å². The van der Waals surface area contributed by atoms with Crippen LogP contribution < -0.4 is 5.32 Å². The number of benzene rings is 1. The molecule has 1 aromatic carbocycles. The summed E-state index contributed by atoms with van der Waals surface area (Å²) in [7, 11) is 0. The highest BCUT2D eigenvalue weighted by atomic mass is 35.5. The summed E-state index contributed by atoms with van der Waals surface area (Å²) in [6, 6.07) is 4.94. The molecule has 2 unspecified atom stereocenters. The van der Waals surface area contributed by atoms with Gasteiger partial charge in [0.05, 0.1) is 11.8 Å². The second-order valence-corrected chi connectivity index (χ2v) is 7.03. The molecule has 0 heterocycles. The number of halogens is 2. The maximum atomic E-state index is 13.8. The Hall–Kier alpha value is -0.800. The lowest BCUT2D eigenvalue weighted by atomic mass is 9.64. The summed E-state index contributed by atoms with van der Waals surface area (Å²) < 4.78 is 19.7. The molecule has 1 aliphatic rings. The largest absolute Gasteiger partial charge is 0.379 e. The first-order valence-electron chi connectivity index (χ1n) is 7.14. The summed E-state index contributed by atoms with van der Waals surface area (Å²) in [5.41, 5.74) is 0.510. The van der Waals surface area contributed by atoms with Crippen molar-refractivity contribution in [2.45, 2.75) is 46.3 Å². The van der Waals surface area contributed by atoms with E-state index in [4.69, 9.17) is 16.3 Å². The lowest BCUT2D eigenvalue weighted by Crippen LogP contribution is -2.58. The zero-order valence-electron chi connectivity index (χ0n) is 12.5. The number of hydrogen-bond donors (Lipinski definition) is 1. The molecule has 2 rings (SSSR count). The zero-order chi connectivity index (χ0) is 14.9. The van der Waals surface area contributed by atoms with Gasteiger partial charge in [-0.05, 0) is 30.5 Å². The highest BCUT2D eigenvalue weighted by Gasteiger charge is 2.49. The second-order valence-electron chi connectivity index (χ2n) is 6.59. The summed E-state index contributed by atoms with van der Waals surface area (Å²) >= 11 is 5.76. The highest BCUT2D eigenvalue weighted by molar-refractivity contribution is 6.30. The van der Waals surface area contributed by atoms with Crippen molar-refractivity contribution in [1.82, 2.24) is 0 Å². The maximum Gasteiger partial charge on any atom is 0.147 e. The number of ether oxygens (including phenoxy) is 1. The zero-order valence-corrected chi connectivity index (χ0v) is 13.3. The van der Waals surface area contributed by atoms with E-state index in [2.05, 4.69) is 33.0 Å². The molecular formula is C16H23ClFNO. The smallest absolute Gasteiger partial charge is 0.147 e. The van der Waals surface area contributed by atoms with Gasteiger partial charge in [-0.1, -0.05) is 39.3 Å². The molecule has 0 bridgehead atoms. The van der Waals surface area contributed by atoms with Crippen molar-refractivity contribution in [3.05, 3.63) is 29.0 Å². The van der Waals surface area contributed by atoms with Gasteiger partial charge in [-0.15, -0.1) is 0 Å². The van der Waals surface area contributed by atoms with Crippen LogP contribution in [0.15, 0.2) is 18.2 Å². The molecule has 0 saturated heterocycles. The third kappa shape index (κ3) is 3.26. The Kier molecular flexibility index (Phi) is 4.60. The molecule has 1 N–H and O–H groups in total. The summed E-state index contributed by atoms with van der Waals surface area (Å²) in [6.45, 7) is 9.38. The van der Waals surface area contributed by atoms with Gasteiger partial charge in [0, 0.05) is 23.1 Å². The second kappa shape index (κ2) is 5.90. The van der Waals surface area contributed by atoms with E-state index in [1.807, 2.05) is 0 Å². The normalized spacial score (nSPS) is 24.6. The van der Waals surface area contributed by atoms with Gasteiger partial charge in [0.2, 0.25) is 0 Å². The third-order valence-corrected chi connectivity index (χ3v) is 4.30. The fourth-order valence-electron chi connectivity index (χ4n) is 2.52. The van der Waals surface area contributed by atoms with Crippen molar-refractivity contribution < 1.29 is 9.13 Å². The van der Waals surface area contributed by atoms with Crippen molar-refractivity contribution >= 4 is 17.3 Å². The Balaban J connectivity index is 1.95. The first kappa shape index (κ1) is 15.6. The fraction of sp³-hybridized carbons (Fsp3) is 0.625. The van der Waals surface area contributed by atoms with Crippen LogP contribution in [0.5, 0.6) is 0 Å². The summed E-state index contributed by atoms with van der Waals surface area (Å²) in [5.74, 6) is 0.228. The lowest BCUT2D eigenvalue weighted by molar-refractivity contribution is -0.108. The van der Waals surface area contributed by atoms with Gasteiger partial charge in [0.15, 0.2) is 0 Å². The molecule has 2 nitrogen and oxygen atoms in total. The van der Waals surface area contributed by atoms with Crippen LogP contribution in [-0.4, -0.2) is 18.8 Å². The van der Waals surface area contributed by atoms with Crippen LogP contribution in [-0.2, 0) is 4.74 Å². The van der Waals surface area contributed by atoms with Crippen molar-refractivity contribution in [3.63, 3.8) is 0 Å². The van der Waals surface area contributed by atoms with E-state index in [1.54, 1.807) is 12.1 Å². The third-order valence-electron chi connectivity index (χ3n) is 4.07. The number of anilines is 1. The van der Waals surface area contributed by atoms with Gasteiger partial charge in [-0.25, -0.2) is 4.39 Å². The molecule has 1 saturated carbocycles. The lowest BCUT2D eigenvalue weighted by Gasteiger charge is -2.52. The van der Waals surface area contributed by atoms with Crippen LogP contribution in [0, 0.1) is 17.2 Å². The first-order valence-corrected chi connectivity index (χ1v) is 7.51. The van der Waals surface area contributed by atoms with Crippen molar-refractivity contribution in [3.8, 4) is 0 Å². The SMILES string of the molecule is CC(C)COC1CC(Nc2ccc(Cl)cc2F)C1(C)C.